The van der Waals surface area contributed by atoms with Crippen LogP contribution >= 0.6 is 11.8 Å². The van der Waals surface area contributed by atoms with E-state index in [-0.39, 0.29) is 5.56 Å². The summed E-state index contributed by atoms with van der Waals surface area (Å²) in [6, 6.07) is 3.95. The molecule has 3 rings (SSSR count). The first-order valence-corrected chi connectivity index (χ1v) is 7.82. The number of nitrogens with one attached hydrogen (secondary N) is 1. The first-order chi connectivity index (χ1) is 9.65. The molecular weight excluding hydrogens is 274 g/mol. The number of furan rings is 1. The van der Waals surface area contributed by atoms with Gasteiger partial charge in [0.25, 0.3) is 5.56 Å². The number of nitrogens with zero attached hydrogens (tertiary/aromatic N) is 2. The van der Waals surface area contributed by atoms with E-state index in [0.717, 1.165) is 42.3 Å². The van der Waals surface area contributed by atoms with E-state index < -0.39 is 0 Å². The lowest BCUT2D eigenvalue weighted by molar-refractivity contribution is 0.220. The van der Waals surface area contributed by atoms with Crippen molar-refractivity contribution in [3.63, 3.8) is 0 Å². The summed E-state index contributed by atoms with van der Waals surface area (Å²) in [6.45, 7) is 4.20. The predicted molar refractivity (Wildman–Crippen MR) is 77.9 cm³/mol. The molecule has 0 amide bonds. The second-order valence-corrected chi connectivity index (χ2v) is 5.77. The number of thioether (sulfide) groups is 1. The summed E-state index contributed by atoms with van der Waals surface area (Å²) in [4.78, 5) is 21.6. The summed E-state index contributed by atoms with van der Waals surface area (Å²) in [5.74, 6) is 1.86. The van der Waals surface area contributed by atoms with Crippen molar-refractivity contribution in [1.29, 1.82) is 0 Å². The fourth-order valence-electron chi connectivity index (χ4n) is 2.48. The molecule has 0 unspecified atom stereocenters. The van der Waals surface area contributed by atoms with Gasteiger partial charge in [-0.05, 0) is 25.3 Å². The van der Waals surface area contributed by atoms with Gasteiger partial charge in [-0.2, -0.15) is 0 Å². The van der Waals surface area contributed by atoms with Gasteiger partial charge in [0.1, 0.15) is 11.5 Å². The van der Waals surface area contributed by atoms with E-state index in [2.05, 4.69) is 14.9 Å². The molecule has 0 fully saturated rings. The first kappa shape index (κ1) is 13.5. The number of aromatic amines is 1. The number of hydrogen-bond donors (Lipinski definition) is 1. The number of hydrogen-bond acceptors (Lipinski definition) is 5. The molecule has 2 aromatic rings. The highest BCUT2D eigenvalue weighted by atomic mass is 32.2. The number of aromatic nitrogens is 2. The molecule has 0 atom stereocenters. The van der Waals surface area contributed by atoms with Crippen molar-refractivity contribution in [2.75, 3.05) is 12.8 Å². The van der Waals surface area contributed by atoms with E-state index in [0.29, 0.717) is 11.7 Å². The van der Waals surface area contributed by atoms with Gasteiger partial charge < -0.3 is 9.40 Å². The Bertz CT molecular complexity index is 677. The third-order valence-electron chi connectivity index (χ3n) is 3.49. The summed E-state index contributed by atoms with van der Waals surface area (Å²) in [5.41, 5.74) is 1.71. The summed E-state index contributed by atoms with van der Waals surface area (Å²) in [6.07, 6.45) is 2.73. The summed E-state index contributed by atoms with van der Waals surface area (Å²) in [7, 11) is 0. The second kappa shape index (κ2) is 5.46. The molecule has 2 aromatic heterocycles. The van der Waals surface area contributed by atoms with E-state index in [1.54, 1.807) is 0 Å². The molecule has 106 valence electrons. The minimum atomic E-state index is -0.0142. The van der Waals surface area contributed by atoms with Crippen molar-refractivity contribution >= 4 is 11.8 Å². The van der Waals surface area contributed by atoms with Gasteiger partial charge in [0.2, 0.25) is 0 Å². The fourth-order valence-corrected chi connectivity index (χ4v) is 2.88. The first-order valence-electron chi connectivity index (χ1n) is 6.59. The normalized spacial score (nSPS) is 15.3. The van der Waals surface area contributed by atoms with E-state index in [9.17, 15) is 4.79 Å². The molecule has 5 nitrogen and oxygen atoms in total. The number of H-pyrrole nitrogens is 1. The molecule has 1 aliphatic rings. The second-order valence-electron chi connectivity index (χ2n) is 4.97. The highest BCUT2D eigenvalue weighted by Crippen LogP contribution is 2.19. The summed E-state index contributed by atoms with van der Waals surface area (Å²) in [5, 5.41) is 0.698. The Morgan fingerprint density at radius 3 is 3.05 bits per heavy atom. The maximum Gasteiger partial charge on any atom is 0.256 e. The van der Waals surface area contributed by atoms with Gasteiger partial charge in [-0.25, -0.2) is 4.98 Å². The molecule has 1 N–H and O–H groups in total. The maximum atomic E-state index is 12.1. The highest BCUT2D eigenvalue weighted by Gasteiger charge is 2.21. The largest absolute Gasteiger partial charge is 0.465 e. The predicted octanol–water partition coefficient (Wildman–Crippen LogP) is 1.95. The molecule has 0 saturated heterocycles. The van der Waals surface area contributed by atoms with Gasteiger partial charge >= 0.3 is 0 Å². The molecule has 1 aliphatic heterocycles. The van der Waals surface area contributed by atoms with Gasteiger partial charge in [0.15, 0.2) is 5.16 Å². The molecule has 0 aliphatic carbocycles. The van der Waals surface area contributed by atoms with E-state index in [1.165, 1.54) is 11.8 Å². The number of aryl methyl sites for hydroxylation is 1. The minimum absolute atomic E-state index is 0.0142. The van der Waals surface area contributed by atoms with Gasteiger partial charge in [-0.15, -0.1) is 0 Å². The van der Waals surface area contributed by atoms with Crippen molar-refractivity contribution < 1.29 is 4.42 Å². The molecule has 0 saturated carbocycles. The van der Waals surface area contributed by atoms with Crippen LogP contribution in [0.15, 0.2) is 26.5 Å². The Morgan fingerprint density at radius 2 is 2.35 bits per heavy atom. The standard InChI is InChI=1S/C14H17N3O2S/c1-9-3-4-10(19-9)7-17-6-5-12-11(8-17)13(18)16-14(15-12)20-2/h3-4H,5-8H2,1-2H3,(H,15,16,18). The van der Waals surface area contributed by atoms with Crippen LogP contribution in [-0.2, 0) is 19.5 Å². The van der Waals surface area contributed by atoms with Crippen LogP contribution in [0.25, 0.3) is 0 Å². The lowest BCUT2D eigenvalue weighted by Crippen LogP contribution is -2.35. The Morgan fingerprint density at radius 1 is 1.50 bits per heavy atom. The average molecular weight is 291 g/mol. The van der Waals surface area contributed by atoms with Crippen LogP contribution in [0.1, 0.15) is 22.8 Å². The Hall–Kier alpha value is -1.53. The molecule has 20 heavy (non-hydrogen) atoms. The van der Waals surface area contributed by atoms with Crippen LogP contribution in [0, 0.1) is 6.92 Å². The highest BCUT2D eigenvalue weighted by molar-refractivity contribution is 7.98. The van der Waals surface area contributed by atoms with Crippen molar-refractivity contribution in [3.05, 3.63) is 45.3 Å². The summed E-state index contributed by atoms with van der Waals surface area (Å²) >= 11 is 1.47. The number of fused-ring (bicyclic) bond motifs is 1. The Labute approximate surface area is 121 Å². The molecule has 0 bridgehead atoms. The molecule has 3 heterocycles. The Balaban J connectivity index is 1.80. The smallest absolute Gasteiger partial charge is 0.256 e. The van der Waals surface area contributed by atoms with Gasteiger partial charge in [0, 0.05) is 19.5 Å². The zero-order valence-electron chi connectivity index (χ0n) is 11.6. The summed E-state index contributed by atoms with van der Waals surface area (Å²) < 4.78 is 5.59. The third kappa shape index (κ3) is 2.66. The van der Waals surface area contributed by atoms with Gasteiger partial charge in [-0.1, -0.05) is 11.8 Å². The molecule has 6 heteroatoms. The van der Waals surface area contributed by atoms with E-state index in [4.69, 9.17) is 4.42 Å². The average Bonchev–Trinajstić information content (AvgIpc) is 2.84. The van der Waals surface area contributed by atoms with Crippen LogP contribution in [0.3, 0.4) is 0 Å². The third-order valence-corrected chi connectivity index (χ3v) is 4.07. The van der Waals surface area contributed by atoms with Gasteiger partial charge in [-0.3, -0.25) is 9.69 Å². The van der Waals surface area contributed by atoms with E-state index in [1.807, 2.05) is 25.3 Å². The SMILES string of the molecule is CSc1nc2c(c(=O)[nH]1)CN(Cc1ccc(C)o1)CC2. The van der Waals surface area contributed by atoms with E-state index >= 15 is 0 Å². The monoisotopic (exact) mass is 291 g/mol. The van der Waals surface area contributed by atoms with Crippen LogP contribution in [0.4, 0.5) is 0 Å². The van der Waals surface area contributed by atoms with Crippen LogP contribution < -0.4 is 5.56 Å². The van der Waals surface area contributed by atoms with Crippen molar-refractivity contribution in [1.82, 2.24) is 14.9 Å². The van der Waals surface area contributed by atoms with Crippen LogP contribution in [0.2, 0.25) is 0 Å². The van der Waals surface area contributed by atoms with Crippen molar-refractivity contribution in [2.24, 2.45) is 0 Å². The lowest BCUT2D eigenvalue weighted by atomic mass is 10.1. The lowest BCUT2D eigenvalue weighted by Gasteiger charge is -2.26. The zero-order chi connectivity index (χ0) is 14.1. The molecule has 0 radical (unpaired) electrons. The topological polar surface area (TPSA) is 62.1 Å². The number of rotatable bonds is 3. The quantitative estimate of drug-likeness (QED) is 0.692. The van der Waals surface area contributed by atoms with Crippen molar-refractivity contribution in [2.45, 2.75) is 31.6 Å². The molecule has 0 aromatic carbocycles. The molecule has 0 spiro atoms. The van der Waals surface area contributed by atoms with Gasteiger partial charge in [0.05, 0.1) is 17.8 Å². The minimum Gasteiger partial charge on any atom is -0.465 e. The Kier molecular flexibility index (Phi) is 3.67. The fraction of sp³-hybridized carbons (Fsp3) is 0.429. The van der Waals surface area contributed by atoms with Crippen LogP contribution in [-0.4, -0.2) is 27.7 Å². The molecular formula is C14H17N3O2S. The zero-order valence-corrected chi connectivity index (χ0v) is 12.4. The maximum absolute atomic E-state index is 12.1. The van der Waals surface area contributed by atoms with Crippen molar-refractivity contribution in [3.8, 4) is 0 Å². The van der Waals surface area contributed by atoms with Crippen LogP contribution in [0.5, 0.6) is 0 Å².